The van der Waals surface area contributed by atoms with Crippen LogP contribution in [0.4, 0.5) is 11.6 Å². The van der Waals surface area contributed by atoms with Crippen LogP contribution in [-0.2, 0) is 14.3 Å². The van der Waals surface area contributed by atoms with Crippen LogP contribution in [0.3, 0.4) is 0 Å². The van der Waals surface area contributed by atoms with Crippen LogP contribution >= 0.6 is 23.2 Å². The Morgan fingerprint density at radius 1 is 1.10 bits per heavy atom. The standard InChI is InChI=1S/C30H35Cl2N5O5/c1-6-25(38)35-21-16-42-15-20(21)34-24-12-18-17(14-33-24)11-19(26-27(31)22(39-3)13-23(40-4)28(26)32)36-29(18)37-9-7-30(2,41-5)8-10-37/h6,11-14,20-21H,1,7-10,15-16H2,2-5H3,(H,33,34)(H,35,38)/t20-,21+/m1/s1. The molecule has 42 heavy (non-hydrogen) atoms. The molecule has 4 heterocycles. The number of fused-ring (bicyclic) bond motifs is 1. The predicted octanol–water partition coefficient (Wildman–Crippen LogP) is 5.11. The minimum absolute atomic E-state index is 0.159. The molecule has 2 aliphatic heterocycles. The van der Waals surface area contributed by atoms with Crippen LogP contribution in [0.15, 0.2) is 37.1 Å². The van der Waals surface area contributed by atoms with Crippen LogP contribution in [0, 0.1) is 0 Å². The van der Waals surface area contributed by atoms with E-state index in [1.165, 1.54) is 6.08 Å². The van der Waals surface area contributed by atoms with E-state index in [-0.39, 0.29) is 23.6 Å². The number of nitrogens with one attached hydrogen (secondary N) is 2. The number of benzene rings is 1. The second-order valence-corrected chi connectivity index (χ2v) is 11.4. The third-order valence-electron chi connectivity index (χ3n) is 8.06. The van der Waals surface area contributed by atoms with E-state index in [1.54, 1.807) is 33.6 Å². The van der Waals surface area contributed by atoms with Crippen molar-refractivity contribution in [1.29, 1.82) is 0 Å². The van der Waals surface area contributed by atoms with Crippen molar-refractivity contribution in [3.63, 3.8) is 0 Å². The molecule has 2 N–H and O–H groups in total. The van der Waals surface area contributed by atoms with Gasteiger partial charge in [-0.25, -0.2) is 9.97 Å². The number of carbonyl (C=O) groups is 1. The monoisotopic (exact) mass is 615 g/mol. The molecular weight excluding hydrogens is 581 g/mol. The van der Waals surface area contributed by atoms with Gasteiger partial charge in [0.2, 0.25) is 5.91 Å². The molecule has 2 saturated heterocycles. The van der Waals surface area contributed by atoms with Crippen molar-refractivity contribution in [2.45, 2.75) is 37.5 Å². The van der Waals surface area contributed by atoms with Crippen molar-refractivity contribution < 1.29 is 23.7 Å². The van der Waals surface area contributed by atoms with E-state index in [4.69, 9.17) is 52.1 Å². The molecule has 0 radical (unpaired) electrons. The zero-order valence-electron chi connectivity index (χ0n) is 24.1. The average molecular weight is 617 g/mol. The number of hydrogen-bond acceptors (Lipinski definition) is 9. The Hall–Kier alpha value is -3.31. The molecule has 1 amide bonds. The zero-order chi connectivity index (χ0) is 30.0. The summed E-state index contributed by atoms with van der Waals surface area (Å²) < 4.78 is 22.4. The van der Waals surface area contributed by atoms with Gasteiger partial charge in [0.05, 0.1) is 60.9 Å². The fourth-order valence-corrected chi connectivity index (χ4v) is 6.05. The van der Waals surface area contributed by atoms with Gasteiger partial charge in [-0.2, -0.15) is 0 Å². The fourth-order valence-electron chi connectivity index (χ4n) is 5.35. The van der Waals surface area contributed by atoms with E-state index in [9.17, 15) is 4.79 Å². The van der Waals surface area contributed by atoms with Gasteiger partial charge in [-0.3, -0.25) is 4.79 Å². The van der Waals surface area contributed by atoms with Crippen molar-refractivity contribution in [1.82, 2.24) is 15.3 Å². The summed E-state index contributed by atoms with van der Waals surface area (Å²) >= 11 is 13.6. The van der Waals surface area contributed by atoms with Crippen LogP contribution in [0.25, 0.3) is 22.0 Å². The Morgan fingerprint density at radius 2 is 1.76 bits per heavy atom. The van der Waals surface area contributed by atoms with Gasteiger partial charge in [-0.15, -0.1) is 0 Å². The molecule has 2 fully saturated rings. The van der Waals surface area contributed by atoms with Crippen molar-refractivity contribution in [3.8, 4) is 22.8 Å². The average Bonchev–Trinajstić information content (AvgIpc) is 3.43. The number of halogens is 2. The van der Waals surface area contributed by atoms with E-state index in [2.05, 4.69) is 29.0 Å². The summed E-state index contributed by atoms with van der Waals surface area (Å²) in [5.41, 5.74) is 0.893. The highest BCUT2D eigenvalue weighted by Gasteiger charge is 2.32. The van der Waals surface area contributed by atoms with Crippen molar-refractivity contribution in [2.75, 3.05) is 57.8 Å². The number of methoxy groups -OCH3 is 3. The highest BCUT2D eigenvalue weighted by Crippen LogP contribution is 2.47. The first-order valence-electron chi connectivity index (χ1n) is 13.7. The van der Waals surface area contributed by atoms with Gasteiger partial charge in [0.1, 0.15) is 23.1 Å². The van der Waals surface area contributed by atoms with Gasteiger partial charge in [-0.05, 0) is 38.0 Å². The Morgan fingerprint density at radius 3 is 2.38 bits per heavy atom. The maximum Gasteiger partial charge on any atom is 0.243 e. The van der Waals surface area contributed by atoms with E-state index in [1.807, 2.05) is 12.1 Å². The first kappa shape index (κ1) is 30.2. The summed E-state index contributed by atoms with van der Waals surface area (Å²) in [6, 6.07) is 5.17. The van der Waals surface area contributed by atoms with E-state index < -0.39 is 0 Å². The van der Waals surface area contributed by atoms with Gasteiger partial charge in [0.25, 0.3) is 0 Å². The van der Waals surface area contributed by atoms with Crippen molar-refractivity contribution in [3.05, 3.63) is 47.1 Å². The normalized spacial score (nSPS) is 19.9. The Bertz CT molecular complexity index is 1470. The molecule has 5 rings (SSSR count). The number of carbonyl (C=O) groups excluding carboxylic acids is 1. The summed E-state index contributed by atoms with van der Waals surface area (Å²) in [6.07, 6.45) is 4.72. The van der Waals surface area contributed by atoms with E-state index >= 15 is 0 Å². The summed E-state index contributed by atoms with van der Waals surface area (Å²) in [5, 5.41) is 8.79. The number of amides is 1. The number of ether oxygens (including phenoxy) is 4. The molecule has 2 aromatic heterocycles. The van der Waals surface area contributed by atoms with Crippen LogP contribution in [0.1, 0.15) is 19.8 Å². The SMILES string of the molecule is C=CC(=O)N[C@H]1COC[C@H]1Nc1cc2c(N3CCC(C)(OC)CC3)nc(-c3c(Cl)c(OC)cc(OC)c3Cl)cc2cn1. The van der Waals surface area contributed by atoms with Crippen LogP contribution < -0.4 is 25.0 Å². The lowest BCUT2D eigenvalue weighted by molar-refractivity contribution is -0.117. The third-order valence-corrected chi connectivity index (χ3v) is 8.81. The zero-order valence-corrected chi connectivity index (χ0v) is 25.6. The number of aromatic nitrogens is 2. The number of hydrogen-bond donors (Lipinski definition) is 2. The number of rotatable bonds is 9. The van der Waals surface area contributed by atoms with Gasteiger partial charge >= 0.3 is 0 Å². The maximum atomic E-state index is 11.9. The van der Waals surface area contributed by atoms with Crippen LogP contribution in [0.5, 0.6) is 11.5 Å². The summed E-state index contributed by atoms with van der Waals surface area (Å²) in [7, 11) is 4.84. The highest BCUT2D eigenvalue weighted by molar-refractivity contribution is 6.41. The van der Waals surface area contributed by atoms with Crippen LogP contribution in [0.2, 0.25) is 10.0 Å². The molecule has 2 atom stereocenters. The molecule has 0 saturated carbocycles. The molecule has 3 aromatic rings. The van der Waals surface area contributed by atoms with E-state index in [0.29, 0.717) is 51.8 Å². The Labute approximate surface area is 255 Å². The largest absolute Gasteiger partial charge is 0.495 e. The van der Waals surface area contributed by atoms with Gasteiger partial charge in [-0.1, -0.05) is 29.8 Å². The molecule has 0 spiro atoms. The molecule has 2 aliphatic rings. The molecule has 0 aliphatic carbocycles. The Kier molecular flexibility index (Phi) is 8.98. The van der Waals surface area contributed by atoms with Crippen molar-refractivity contribution in [2.24, 2.45) is 0 Å². The lowest BCUT2D eigenvalue weighted by Gasteiger charge is -2.39. The molecule has 12 heteroatoms. The fraction of sp³-hybridized carbons (Fsp3) is 0.433. The lowest BCUT2D eigenvalue weighted by atomic mass is 9.93. The Balaban J connectivity index is 1.59. The van der Waals surface area contributed by atoms with Gasteiger partial charge in [0, 0.05) is 48.8 Å². The van der Waals surface area contributed by atoms with Gasteiger partial charge in [0.15, 0.2) is 0 Å². The molecule has 0 unspecified atom stereocenters. The maximum absolute atomic E-state index is 11.9. The molecule has 10 nitrogen and oxygen atoms in total. The molecular formula is C30H35Cl2N5O5. The minimum atomic E-state index is -0.248. The van der Waals surface area contributed by atoms with Gasteiger partial charge < -0.3 is 34.5 Å². The third kappa shape index (κ3) is 5.94. The topological polar surface area (TPSA) is 107 Å². The second-order valence-electron chi connectivity index (χ2n) is 10.7. The van der Waals surface area contributed by atoms with Crippen molar-refractivity contribution >= 4 is 51.5 Å². The highest BCUT2D eigenvalue weighted by atomic mass is 35.5. The number of nitrogens with zero attached hydrogens (tertiary/aromatic N) is 3. The van der Waals surface area contributed by atoms with Crippen LogP contribution in [-0.4, -0.2) is 81.2 Å². The first-order chi connectivity index (χ1) is 20.2. The summed E-state index contributed by atoms with van der Waals surface area (Å²) in [6.45, 7) is 7.99. The molecule has 224 valence electrons. The summed E-state index contributed by atoms with van der Waals surface area (Å²) in [4.78, 5) is 24.0. The number of anilines is 2. The second kappa shape index (κ2) is 12.5. The lowest BCUT2D eigenvalue weighted by Crippen LogP contribution is -2.45. The number of pyridine rings is 2. The molecule has 0 bridgehead atoms. The first-order valence-corrected chi connectivity index (χ1v) is 14.4. The quantitative estimate of drug-likeness (QED) is 0.318. The van der Waals surface area contributed by atoms with E-state index in [0.717, 1.165) is 42.5 Å². The minimum Gasteiger partial charge on any atom is -0.495 e. The molecule has 1 aromatic carbocycles. The predicted molar refractivity (Wildman–Crippen MR) is 165 cm³/mol. The smallest absolute Gasteiger partial charge is 0.243 e. The number of piperidine rings is 1. The summed E-state index contributed by atoms with van der Waals surface area (Å²) in [5.74, 6) is 2.03.